The maximum absolute atomic E-state index is 11.3. The summed E-state index contributed by atoms with van der Waals surface area (Å²) in [5, 5.41) is 0. The van der Waals surface area contributed by atoms with E-state index in [1.807, 2.05) is 4.90 Å². The Hall–Kier alpha value is -0.530. The van der Waals surface area contributed by atoms with Crippen molar-refractivity contribution < 1.29 is 4.79 Å². The van der Waals surface area contributed by atoms with E-state index >= 15 is 0 Å². The van der Waals surface area contributed by atoms with Crippen molar-refractivity contribution in [3.8, 4) is 0 Å². The Bertz CT molecular complexity index is 165. The highest BCUT2D eigenvalue weighted by molar-refractivity contribution is 5.76. The molecule has 0 bridgehead atoms. The molecule has 1 rings (SSSR count). The predicted molar refractivity (Wildman–Crippen MR) is 49.8 cm³/mol. The summed E-state index contributed by atoms with van der Waals surface area (Å²) in [5.41, 5.74) is 0. The van der Waals surface area contributed by atoms with Crippen LogP contribution in [0.15, 0.2) is 0 Å². The van der Waals surface area contributed by atoms with Crippen LogP contribution in [0.3, 0.4) is 0 Å². The van der Waals surface area contributed by atoms with Gasteiger partial charge in [0.25, 0.3) is 0 Å². The van der Waals surface area contributed by atoms with E-state index in [2.05, 4.69) is 20.8 Å². The maximum Gasteiger partial charge on any atom is 0.222 e. The molecule has 2 nitrogen and oxygen atoms in total. The number of hydrogen-bond acceptors (Lipinski definition) is 1. The van der Waals surface area contributed by atoms with Gasteiger partial charge in [-0.15, -0.1) is 0 Å². The molecule has 1 heterocycles. The number of likely N-dealkylation sites (tertiary alicyclic amines) is 1. The van der Waals surface area contributed by atoms with E-state index in [0.29, 0.717) is 11.8 Å². The Kier molecular flexibility index (Phi) is 3.12. The molecule has 0 aromatic rings. The monoisotopic (exact) mass is 169 g/mol. The number of carbonyl (C=O) groups excluding carboxylic acids is 1. The molecular weight excluding hydrogens is 150 g/mol. The number of piperidine rings is 1. The molecule has 1 amide bonds. The molecule has 0 radical (unpaired) electrons. The Balaban J connectivity index is 2.49. The number of rotatable bonds is 2. The number of hydrogen-bond donors (Lipinski definition) is 0. The molecule has 0 saturated carbocycles. The minimum Gasteiger partial charge on any atom is -0.343 e. The van der Waals surface area contributed by atoms with Gasteiger partial charge in [0.1, 0.15) is 0 Å². The highest BCUT2D eigenvalue weighted by Crippen LogP contribution is 2.23. The molecule has 1 aliphatic rings. The largest absolute Gasteiger partial charge is 0.343 e. The van der Waals surface area contributed by atoms with E-state index in [0.717, 1.165) is 31.8 Å². The number of carbonyl (C=O) groups is 1. The Morgan fingerprint density at radius 1 is 1.58 bits per heavy atom. The van der Waals surface area contributed by atoms with E-state index in [9.17, 15) is 4.79 Å². The Morgan fingerprint density at radius 3 is 2.75 bits per heavy atom. The van der Waals surface area contributed by atoms with Gasteiger partial charge in [0.2, 0.25) is 5.91 Å². The van der Waals surface area contributed by atoms with Crippen molar-refractivity contribution in [2.45, 2.75) is 33.6 Å². The van der Waals surface area contributed by atoms with Gasteiger partial charge in [-0.25, -0.2) is 0 Å². The molecule has 12 heavy (non-hydrogen) atoms. The van der Waals surface area contributed by atoms with Crippen LogP contribution < -0.4 is 0 Å². The lowest BCUT2D eigenvalue weighted by Crippen LogP contribution is -2.41. The van der Waals surface area contributed by atoms with Crippen LogP contribution in [0, 0.1) is 11.8 Å². The zero-order valence-corrected chi connectivity index (χ0v) is 8.34. The van der Waals surface area contributed by atoms with E-state index in [1.54, 1.807) is 0 Å². The predicted octanol–water partition coefficient (Wildman–Crippen LogP) is 1.90. The van der Waals surface area contributed by atoms with Crippen molar-refractivity contribution in [2.24, 2.45) is 11.8 Å². The summed E-state index contributed by atoms with van der Waals surface area (Å²) >= 11 is 0. The van der Waals surface area contributed by atoms with E-state index in [-0.39, 0.29) is 0 Å². The molecule has 0 N–H and O–H groups in total. The second kappa shape index (κ2) is 3.92. The van der Waals surface area contributed by atoms with Gasteiger partial charge in [0.05, 0.1) is 0 Å². The van der Waals surface area contributed by atoms with Crippen LogP contribution >= 0.6 is 0 Å². The molecule has 70 valence electrons. The lowest BCUT2D eigenvalue weighted by Gasteiger charge is -2.33. The minimum absolute atomic E-state index is 0.342. The highest BCUT2D eigenvalue weighted by atomic mass is 16.2. The zero-order valence-electron chi connectivity index (χ0n) is 8.34. The second-order valence-corrected chi connectivity index (χ2v) is 3.98. The van der Waals surface area contributed by atoms with Crippen LogP contribution in [0.25, 0.3) is 0 Å². The average Bonchev–Trinajstić information content (AvgIpc) is 2.05. The third-order valence-corrected chi connectivity index (χ3v) is 2.86. The molecule has 0 aliphatic carbocycles. The topological polar surface area (TPSA) is 20.3 Å². The summed E-state index contributed by atoms with van der Waals surface area (Å²) in [6.45, 7) is 8.40. The molecule has 0 unspecified atom stereocenters. The van der Waals surface area contributed by atoms with E-state index in [4.69, 9.17) is 0 Å². The minimum atomic E-state index is 0.342. The fourth-order valence-electron chi connectivity index (χ4n) is 1.79. The van der Waals surface area contributed by atoms with Crippen molar-refractivity contribution in [3.63, 3.8) is 0 Å². The Morgan fingerprint density at radius 2 is 2.25 bits per heavy atom. The SMILES string of the molecule is CCN1C[C@@H](C(C)C)CCC1=O. The van der Waals surface area contributed by atoms with Gasteiger partial charge in [0.15, 0.2) is 0 Å². The molecule has 1 saturated heterocycles. The van der Waals surface area contributed by atoms with Gasteiger partial charge >= 0.3 is 0 Å². The fourth-order valence-corrected chi connectivity index (χ4v) is 1.79. The molecular formula is C10H19NO. The number of nitrogens with zero attached hydrogens (tertiary/aromatic N) is 1. The summed E-state index contributed by atoms with van der Waals surface area (Å²) in [6.07, 6.45) is 1.85. The standard InChI is InChI=1S/C10H19NO/c1-4-11-7-9(8(2)3)5-6-10(11)12/h8-9H,4-7H2,1-3H3/t9-/m0/s1. The quantitative estimate of drug-likeness (QED) is 0.618. The summed E-state index contributed by atoms with van der Waals surface area (Å²) in [4.78, 5) is 13.3. The molecule has 2 heteroatoms. The van der Waals surface area contributed by atoms with Gasteiger partial charge in [0, 0.05) is 19.5 Å². The third-order valence-electron chi connectivity index (χ3n) is 2.86. The van der Waals surface area contributed by atoms with Crippen LogP contribution in [0.4, 0.5) is 0 Å². The molecule has 0 aromatic heterocycles. The van der Waals surface area contributed by atoms with Crippen molar-refractivity contribution in [3.05, 3.63) is 0 Å². The van der Waals surface area contributed by atoms with E-state index < -0.39 is 0 Å². The van der Waals surface area contributed by atoms with Gasteiger partial charge in [-0.2, -0.15) is 0 Å². The van der Waals surface area contributed by atoms with Crippen LogP contribution in [-0.2, 0) is 4.79 Å². The average molecular weight is 169 g/mol. The van der Waals surface area contributed by atoms with Crippen molar-refractivity contribution in [2.75, 3.05) is 13.1 Å². The third kappa shape index (κ3) is 1.99. The van der Waals surface area contributed by atoms with Gasteiger partial charge in [-0.1, -0.05) is 13.8 Å². The maximum atomic E-state index is 11.3. The molecule has 1 aliphatic heterocycles. The second-order valence-electron chi connectivity index (χ2n) is 3.98. The highest BCUT2D eigenvalue weighted by Gasteiger charge is 2.25. The molecule has 1 fully saturated rings. The first-order valence-electron chi connectivity index (χ1n) is 4.93. The molecule has 0 aromatic carbocycles. The van der Waals surface area contributed by atoms with Gasteiger partial charge in [-0.05, 0) is 25.2 Å². The summed E-state index contributed by atoms with van der Waals surface area (Å²) in [5.74, 6) is 1.78. The smallest absolute Gasteiger partial charge is 0.222 e. The van der Waals surface area contributed by atoms with E-state index in [1.165, 1.54) is 0 Å². The first-order chi connectivity index (χ1) is 5.65. The summed E-state index contributed by atoms with van der Waals surface area (Å²) in [7, 11) is 0. The molecule has 0 spiro atoms. The van der Waals surface area contributed by atoms with Crippen molar-refractivity contribution in [1.82, 2.24) is 4.90 Å². The van der Waals surface area contributed by atoms with Crippen molar-refractivity contribution >= 4 is 5.91 Å². The lowest BCUT2D eigenvalue weighted by molar-refractivity contribution is -0.135. The van der Waals surface area contributed by atoms with Gasteiger partial charge in [-0.3, -0.25) is 4.79 Å². The number of amides is 1. The molecule has 1 atom stereocenters. The van der Waals surface area contributed by atoms with Gasteiger partial charge < -0.3 is 4.90 Å². The zero-order chi connectivity index (χ0) is 9.14. The lowest BCUT2D eigenvalue weighted by atomic mass is 9.88. The normalized spacial score (nSPS) is 25.2. The fraction of sp³-hybridized carbons (Fsp3) is 0.900. The van der Waals surface area contributed by atoms with Crippen LogP contribution in [0.1, 0.15) is 33.6 Å². The summed E-state index contributed by atoms with van der Waals surface area (Å²) < 4.78 is 0. The first kappa shape index (κ1) is 9.56. The summed E-state index contributed by atoms with van der Waals surface area (Å²) in [6, 6.07) is 0. The van der Waals surface area contributed by atoms with Crippen LogP contribution in [0.5, 0.6) is 0 Å². The Labute approximate surface area is 74.9 Å². The van der Waals surface area contributed by atoms with Crippen LogP contribution in [0.2, 0.25) is 0 Å². The van der Waals surface area contributed by atoms with Crippen molar-refractivity contribution in [1.29, 1.82) is 0 Å². The van der Waals surface area contributed by atoms with Crippen LogP contribution in [-0.4, -0.2) is 23.9 Å². The first-order valence-corrected chi connectivity index (χ1v) is 4.93.